The number of aliphatic hydroxyl groups is 1. The number of likely N-dealkylation sites (N-methyl/N-ethyl adjacent to an activating group) is 1. The zero-order chi connectivity index (χ0) is 14.0. The molecule has 0 bridgehead atoms. The van der Waals surface area contributed by atoms with Crippen LogP contribution in [0.4, 0.5) is 0 Å². The Morgan fingerprint density at radius 2 is 1.89 bits per heavy atom. The molecule has 0 spiro atoms. The lowest BCUT2D eigenvalue weighted by atomic mass is 9.76. The van der Waals surface area contributed by atoms with Crippen molar-refractivity contribution in [3.63, 3.8) is 0 Å². The Kier molecular flexibility index (Phi) is 5.27. The largest absolute Gasteiger partial charge is 0.391 e. The molecule has 5 atom stereocenters. The van der Waals surface area contributed by atoms with E-state index in [-0.39, 0.29) is 6.10 Å². The van der Waals surface area contributed by atoms with Crippen LogP contribution >= 0.6 is 0 Å². The van der Waals surface area contributed by atoms with Crippen molar-refractivity contribution in [3.8, 4) is 0 Å². The number of nitrogens with zero attached hydrogens (tertiary/aromatic N) is 2. The van der Waals surface area contributed by atoms with Gasteiger partial charge in [0.1, 0.15) is 0 Å². The maximum atomic E-state index is 10.6. The Bertz CT molecular complexity index is 272. The monoisotopic (exact) mass is 268 g/mol. The van der Waals surface area contributed by atoms with Crippen molar-refractivity contribution in [1.29, 1.82) is 0 Å². The summed E-state index contributed by atoms with van der Waals surface area (Å²) >= 11 is 0. The summed E-state index contributed by atoms with van der Waals surface area (Å²) in [6.45, 7) is 10.4. The van der Waals surface area contributed by atoms with Crippen molar-refractivity contribution in [1.82, 2.24) is 9.80 Å². The summed E-state index contributed by atoms with van der Waals surface area (Å²) < 4.78 is 0. The zero-order valence-corrected chi connectivity index (χ0v) is 13.2. The summed E-state index contributed by atoms with van der Waals surface area (Å²) in [6.07, 6.45) is 4.55. The molecule has 1 N–H and O–H groups in total. The second kappa shape index (κ2) is 6.55. The third kappa shape index (κ3) is 3.50. The standard InChI is InChI=1S/C16H32N2O/c1-5-14-11-17(4)7-6-8-18(14)16-13(3)9-12(2)10-15(16)19/h12-16,19H,5-11H2,1-4H3. The highest BCUT2D eigenvalue weighted by Gasteiger charge is 2.39. The Morgan fingerprint density at radius 1 is 1.16 bits per heavy atom. The van der Waals surface area contributed by atoms with Crippen molar-refractivity contribution in [2.45, 2.75) is 64.6 Å². The molecular formula is C16H32N2O. The van der Waals surface area contributed by atoms with Crippen LogP contribution in [0.1, 0.15) is 46.5 Å². The fourth-order valence-electron chi connectivity index (χ4n) is 4.37. The van der Waals surface area contributed by atoms with Gasteiger partial charge >= 0.3 is 0 Å². The molecule has 0 amide bonds. The molecule has 0 aromatic carbocycles. The van der Waals surface area contributed by atoms with Crippen LogP contribution in [-0.4, -0.2) is 59.8 Å². The summed E-state index contributed by atoms with van der Waals surface area (Å²) in [4.78, 5) is 5.10. The van der Waals surface area contributed by atoms with E-state index >= 15 is 0 Å². The van der Waals surface area contributed by atoms with Gasteiger partial charge in [-0.25, -0.2) is 0 Å². The highest BCUT2D eigenvalue weighted by molar-refractivity contribution is 4.93. The van der Waals surface area contributed by atoms with Gasteiger partial charge in [0.2, 0.25) is 0 Å². The molecule has 19 heavy (non-hydrogen) atoms. The molecule has 0 aromatic heterocycles. The molecule has 5 unspecified atom stereocenters. The van der Waals surface area contributed by atoms with E-state index in [2.05, 4.69) is 37.6 Å². The molecule has 2 fully saturated rings. The zero-order valence-electron chi connectivity index (χ0n) is 13.2. The predicted octanol–water partition coefficient (Wildman–Crippen LogP) is 2.20. The molecule has 3 heteroatoms. The Morgan fingerprint density at radius 3 is 2.53 bits per heavy atom. The van der Waals surface area contributed by atoms with E-state index in [0.717, 1.165) is 19.5 Å². The SMILES string of the molecule is CCC1CN(C)CCCN1C1C(C)CC(C)CC1O. The van der Waals surface area contributed by atoms with Crippen LogP contribution in [0.2, 0.25) is 0 Å². The molecule has 1 aliphatic heterocycles. The van der Waals surface area contributed by atoms with E-state index in [1.165, 1.54) is 25.8 Å². The van der Waals surface area contributed by atoms with Crippen LogP contribution in [-0.2, 0) is 0 Å². The first-order valence-corrected chi connectivity index (χ1v) is 8.15. The Balaban J connectivity index is 2.12. The van der Waals surface area contributed by atoms with E-state index in [1.807, 2.05) is 0 Å². The molecule has 3 nitrogen and oxygen atoms in total. The van der Waals surface area contributed by atoms with Crippen LogP contribution < -0.4 is 0 Å². The number of rotatable bonds is 2. The molecule has 1 saturated heterocycles. The predicted molar refractivity (Wildman–Crippen MR) is 80.3 cm³/mol. The first kappa shape index (κ1) is 15.3. The molecule has 112 valence electrons. The summed E-state index contributed by atoms with van der Waals surface area (Å²) in [5, 5.41) is 10.6. The summed E-state index contributed by atoms with van der Waals surface area (Å²) in [5.41, 5.74) is 0. The maximum absolute atomic E-state index is 10.6. The third-order valence-electron chi connectivity index (χ3n) is 5.20. The van der Waals surface area contributed by atoms with Crippen LogP contribution in [0, 0.1) is 11.8 Å². The smallest absolute Gasteiger partial charge is 0.0700 e. The molecule has 1 aliphatic carbocycles. The van der Waals surface area contributed by atoms with Crippen LogP contribution in [0.5, 0.6) is 0 Å². The van der Waals surface area contributed by atoms with E-state index in [0.29, 0.717) is 23.9 Å². The van der Waals surface area contributed by atoms with Gasteiger partial charge in [-0.1, -0.05) is 20.8 Å². The fourth-order valence-corrected chi connectivity index (χ4v) is 4.37. The van der Waals surface area contributed by atoms with Gasteiger partial charge in [-0.15, -0.1) is 0 Å². The van der Waals surface area contributed by atoms with Gasteiger partial charge < -0.3 is 10.0 Å². The van der Waals surface area contributed by atoms with E-state index in [9.17, 15) is 5.11 Å². The minimum atomic E-state index is -0.129. The van der Waals surface area contributed by atoms with Gasteiger partial charge in [-0.3, -0.25) is 4.90 Å². The van der Waals surface area contributed by atoms with Gasteiger partial charge in [0, 0.05) is 25.2 Å². The highest BCUT2D eigenvalue weighted by Crippen LogP contribution is 2.34. The third-order valence-corrected chi connectivity index (χ3v) is 5.20. The van der Waals surface area contributed by atoms with Gasteiger partial charge in [-0.05, 0) is 51.1 Å². The number of hydrogen-bond acceptors (Lipinski definition) is 3. The Hall–Kier alpha value is -0.120. The van der Waals surface area contributed by atoms with Gasteiger partial charge in [0.05, 0.1) is 6.10 Å². The molecule has 0 radical (unpaired) electrons. The Labute approximate surface area is 119 Å². The average molecular weight is 268 g/mol. The first-order chi connectivity index (χ1) is 9.02. The molecule has 1 saturated carbocycles. The van der Waals surface area contributed by atoms with Crippen molar-refractivity contribution in [2.75, 3.05) is 26.7 Å². The number of hydrogen-bond donors (Lipinski definition) is 1. The normalized spacial score (nSPS) is 43.1. The number of aliphatic hydroxyl groups excluding tert-OH is 1. The van der Waals surface area contributed by atoms with Gasteiger partial charge in [-0.2, -0.15) is 0 Å². The van der Waals surface area contributed by atoms with Gasteiger partial charge in [0.25, 0.3) is 0 Å². The van der Waals surface area contributed by atoms with E-state index in [1.54, 1.807) is 0 Å². The minimum absolute atomic E-state index is 0.129. The highest BCUT2D eigenvalue weighted by atomic mass is 16.3. The summed E-state index contributed by atoms with van der Waals surface area (Å²) in [5.74, 6) is 1.30. The van der Waals surface area contributed by atoms with Crippen molar-refractivity contribution in [3.05, 3.63) is 0 Å². The van der Waals surface area contributed by atoms with Crippen molar-refractivity contribution in [2.24, 2.45) is 11.8 Å². The van der Waals surface area contributed by atoms with E-state index in [4.69, 9.17) is 0 Å². The minimum Gasteiger partial charge on any atom is -0.391 e. The lowest BCUT2D eigenvalue weighted by Crippen LogP contribution is -2.56. The maximum Gasteiger partial charge on any atom is 0.0700 e. The second-order valence-corrected chi connectivity index (χ2v) is 7.03. The lowest BCUT2D eigenvalue weighted by molar-refractivity contribution is -0.0414. The molecule has 2 rings (SSSR count). The molecular weight excluding hydrogens is 236 g/mol. The van der Waals surface area contributed by atoms with Crippen LogP contribution in [0.3, 0.4) is 0 Å². The lowest BCUT2D eigenvalue weighted by Gasteiger charge is -2.46. The fraction of sp³-hybridized carbons (Fsp3) is 1.00. The topological polar surface area (TPSA) is 26.7 Å². The van der Waals surface area contributed by atoms with Gasteiger partial charge in [0.15, 0.2) is 0 Å². The summed E-state index contributed by atoms with van der Waals surface area (Å²) in [6, 6.07) is 0.996. The van der Waals surface area contributed by atoms with Crippen LogP contribution in [0.15, 0.2) is 0 Å². The van der Waals surface area contributed by atoms with Crippen molar-refractivity contribution >= 4 is 0 Å². The molecule has 2 aliphatic rings. The van der Waals surface area contributed by atoms with Crippen molar-refractivity contribution < 1.29 is 5.11 Å². The van der Waals surface area contributed by atoms with Crippen LogP contribution in [0.25, 0.3) is 0 Å². The molecule has 0 aromatic rings. The average Bonchev–Trinajstić information content (AvgIpc) is 2.50. The molecule has 1 heterocycles. The van der Waals surface area contributed by atoms with E-state index < -0.39 is 0 Å². The first-order valence-electron chi connectivity index (χ1n) is 8.15. The summed E-state index contributed by atoms with van der Waals surface area (Å²) in [7, 11) is 2.23. The second-order valence-electron chi connectivity index (χ2n) is 7.03. The quantitative estimate of drug-likeness (QED) is 0.832.